The third-order valence-electron chi connectivity index (χ3n) is 1.85. The summed E-state index contributed by atoms with van der Waals surface area (Å²) < 4.78 is 5.16. The van der Waals surface area contributed by atoms with Gasteiger partial charge in [-0.15, -0.1) is 0 Å². The number of nitrogens with one attached hydrogen (secondary N) is 1. The number of nitro groups is 1. The number of nitrogens with zero attached hydrogens (tertiary/aromatic N) is 1. The zero-order chi connectivity index (χ0) is 12.1. The molecule has 0 aliphatic carbocycles. The molecule has 0 saturated heterocycles. The summed E-state index contributed by atoms with van der Waals surface area (Å²) in [6, 6.07) is 5.56. The molecule has 1 unspecified atom stereocenters. The highest BCUT2D eigenvalue weighted by Gasteiger charge is 2.14. The van der Waals surface area contributed by atoms with Crippen molar-refractivity contribution in [3.8, 4) is 5.75 Å². The summed E-state index contributed by atoms with van der Waals surface area (Å²) in [6.07, 6.45) is -0.813. The van der Waals surface area contributed by atoms with E-state index in [1.165, 1.54) is 31.2 Å². The van der Waals surface area contributed by atoms with Crippen LogP contribution in [-0.4, -0.2) is 16.9 Å². The molecular formula is C9H11N3O4. The number of benzene rings is 1. The van der Waals surface area contributed by atoms with Gasteiger partial charge in [0.05, 0.1) is 11.0 Å². The van der Waals surface area contributed by atoms with Crippen molar-refractivity contribution < 1.29 is 14.5 Å². The van der Waals surface area contributed by atoms with Gasteiger partial charge in [-0.2, -0.15) is 0 Å². The molecule has 86 valence electrons. The van der Waals surface area contributed by atoms with Crippen LogP contribution in [0, 0.1) is 10.1 Å². The molecule has 0 aliphatic rings. The molecule has 16 heavy (non-hydrogen) atoms. The summed E-state index contributed by atoms with van der Waals surface area (Å²) in [5.41, 5.74) is 1.83. The zero-order valence-corrected chi connectivity index (χ0v) is 8.54. The van der Waals surface area contributed by atoms with E-state index in [0.717, 1.165) is 0 Å². The van der Waals surface area contributed by atoms with Gasteiger partial charge in [-0.05, 0) is 13.0 Å². The molecule has 7 nitrogen and oxygen atoms in total. The number of carbonyl (C=O) groups is 1. The summed E-state index contributed by atoms with van der Waals surface area (Å²) in [6.45, 7) is 1.49. The minimum absolute atomic E-state index is 0.0992. The normalized spacial score (nSPS) is 11.6. The van der Waals surface area contributed by atoms with Crippen molar-refractivity contribution >= 4 is 11.6 Å². The largest absolute Gasteiger partial charge is 0.481 e. The van der Waals surface area contributed by atoms with Crippen LogP contribution in [0.2, 0.25) is 0 Å². The second kappa shape index (κ2) is 5.08. The Morgan fingerprint density at radius 2 is 2.31 bits per heavy atom. The first kappa shape index (κ1) is 11.9. The number of hydrazine groups is 1. The Labute approximate surface area is 91.3 Å². The minimum atomic E-state index is -0.813. The van der Waals surface area contributed by atoms with Crippen LogP contribution in [0.25, 0.3) is 0 Å². The van der Waals surface area contributed by atoms with Crippen LogP contribution in [0.5, 0.6) is 5.75 Å². The van der Waals surface area contributed by atoms with E-state index < -0.39 is 16.9 Å². The van der Waals surface area contributed by atoms with E-state index in [9.17, 15) is 14.9 Å². The monoisotopic (exact) mass is 225 g/mol. The predicted molar refractivity (Wildman–Crippen MR) is 55.5 cm³/mol. The number of hydrogen-bond donors (Lipinski definition) is 2. The maximum atomic E-state index is 11.0. The van der Waals surface area contributed by atoms with Crippen molar-refractivity contribution in [1.29, 1.82) is 0 Å². The van der Waals surface area contributed by atoms with Crippen LogP contribution in [0.3, 0.4) is 0 Å². The van der Waals surface area contributed by atoms with Crippen LogP contribution in [0.1, 0.15) is 6.92 Å². The average Bonchev–Trinajstić information content (AvgIpc) is 2.28. The van der Waals surface area contributed by atoms with Gasteiger partial charge in [0.1, 0.15) is 5.75 Å². The highest BCUT2D eigenvalue weighted by atomic mass is 16.6. The molecule has 1 aromatic rings. The van der Waals surface area contributed by atoms with Gasteiger partial charge >= 0.3 is 0 Å². The van der Waals surface area contributed by atoms with E-state index in [2.05, 4.69) is 0 Å². The molecule has 1 amide bonds. The molecule has 0 saturated carbocycles. The van der Waals surface area contributed by atoms with Crippen LogP contribution < -0.4 is 16.0 Å². The lowest BCUT2D eigenvalue weighted by atomic mass is 10.3. The van der Waals surface area contributed by atoms with Gasteiger partial charge in [-0.1, -0.05) is 6.07 Å². The number of hydrogen-bond acceptors (Lipinski definition) is 5. The Balaban J connectivity index is 2.78. The molecule has 7 heteroatoms. The SMILES string of the molecule is CC(Oc1cccc([N+](=O)[O-])c1)C(=O)NN. The van der Waals surface area contributed by atoms with Crippen molar-refractivity contribution in [3.05, 3.63) is 34.4 Å². The molecule has 0 aromatic heterocycles. The van der Waals surface area contributed by atoms with Gasteiger partial charge in [0, 0.05) is 6.07 Å². The quantitative estimate of drug-likeness (QED) is 0.333. The van der Waals surface area contributed by atoms with E-state index in [-0.39, 0.29) is 11.4 Å². The topological polar surface area (TPSA) is 107 Å². The lowest BCUT2D eigenvalue weighted by molar-refractivity contribution is -0.384. The minimum Gasteiger partial charge on any atom is -0.481 e. The summed E-state index contributed by atoms with van der Waals surface area (Å²) in [5, 5.41) is 10.5. The fraction of sp³-hybridized carbons (Fsp3) is 0.222. The van der Waals surface area contributed by atoms with E-state index >= 15 is 0 Å². The van der Waals surface area contributed by atoms with Crippen molar-refractivity contribution in [1.82, 2.24) is 5.43 Å². The fourth-order valence-corrected chi connectivity index (χ4v) is 1.05. The number of nitro benzene ring substituents is 1. The fourth-order valence-electron chi connectivity index (χ4n) is 1.05. The third kappa shape index (κ3) is 2.92. The van der Waals surface area contributed by atoms with Crippen molar-refractivity contribution in [2.75, 3.05) is 0 Å². The second-order valence-electron chi connectivity index (χ2n) is 3.02. The summed E-state index contributed by atoms with van der Waals surface area (Å²) in [4.78, 5) is 21.0. The Morgan fingerprint density at radius 3 is 2.88 bits per heavy atom. The van der Waals surface area contributed by atoms with Crippen molar-refractivity contribution in [2.24, 2.45) is 5.84 Å². The molecule has 1 rings (SSSR count). The van der Waals surface area contributed by atoms with Gasteiger partial charge in [-0.25, -0.2) is 5.84 Å². The number of amides is 1. The van der Waals surface area contributed by atoms with Gasteiger partial charge in [0.25, 0.3) is 11.6 Å². The molecule has 1 aromatic carbocycles. The van der Waals surface area contributed by atoms with Gasteiger partial charge in [-0.3, -0.25) is 20.3 Å². The van der Waals surface area contributed by atoms with Crippen LogP contribution in [-0.2, 0) is 4.79 Å². The molecule has 1 atom stereocenters. The maximum absolute atomic E-state index is 11.0. The molecular weight excluding hydrogens is 214 g/mol. The van der Waals surface area contributed by atoms with Crippen molar-refractivity contribution in [3.63, 3.8) is 0 Å². The summed E-state index contributed by atoms with van der Waals surface area (Å²) in [5.74, 6) is 4.65. The summed E-state index contributed by atoms with van der Waals surface area (Å²) >= 11 is 0. The smallest absolute Gasteiger partial charge is 0.274 e. The first-order valence-corrected chi connectivity index (χ1v) is 4.46. The molecule has 3 N–H and O–H groups in total. The Morgan fingerprint density at radius 1 is 1.62 bits per heavy atom. The van der Waals surface area contributed by atoms with E-state index in [1.54, 1.807) is 0 Å². The van der Waals surface area contributed by atoms with Crippen LogP contribution in [0.4, 0.5) is 5.69 Å². The van der Waals surface area contributed by atoms with Gasteiger partial charge in [0.2, 0.25) is 0 Å². The average molecular weight is 225 g/mol. The molecule has 0 spiro atoms. The molecule has 0 radical (unpaired) electrons. The lowest BCUT2D eigenvalue weighted by Gasteiger charge is -2.12. The molecule has 0 heterocycles. The second-order valence-corrected chi connectivity index (χ2v) is 3.02. The molecule has 0 aliphatic heterocycles. The number of rotatable bonds is 4. The Hall–Kier alpha value is -2.15. The van der Waals surface area contributed by atoms with Crippen LogP contribution >= 0.6 is 0 Å². The Bertz CT molecular complexity index is 407. The molecule has 0 fully saturated rings. The lowest BCUT2D eigenvalue weighted by Crippen LogP contribution is -2.40. The standard InChI is InChI=1S/C9H11N3O4/c1-6(9(13)11-10)16-8-4-2-3-7(5-8)12(14)15/h2-6H,10H2,1H3,(H,11,13). The first-order valence-electron chi connectivity index (χ1n) is 4.46. The number of carbonyl (C=O) groups excluding carboxylic acids is 1. The number of non-ortho nitro benzene ring substituents is 1. The maximum Gasteiger partial charge on any atom is 0.274 e. The Kier molecular flexibility index (Phi) is 3.78. The zero-order valence-electron chi connectivity index (χ0n) is 8.54. The third-order valence-corrected chi connectivity index (χ3v) is 1.85. The predicted octanol–water partition coefficient (Wildman–Crippen LogP) is 0.352. The number of ether oxygens (including phenoxy) is 1. The highest BCUT2D eigenvalue weighted by molar-refractivity contribution is 5.80. The number of nitrogens with two attached hydrogens (primary N) is 1. The van der Waals surface area contributed by atoms with E-state index in [0.29, 0.717) is 0 Å². The van der Waals surface area contributed by atoms with Crippen LogP contribution in [0.15, 0.2) is 24.3 Å². The molecule has 0 bridgehead atoms. The first-order chi connectivity index (χ1) is 7.54. The van der Waals surface area contributed by atoms with Crippen molar-refractivity contribution in [2.45, 2.75) is 13.0 Å². The van der Waals surface area contributed by atoms with E-state index in [1.807, 2.05) is 5.43 Å². The summed E-state index contributed by atoms with van der Waals surface area (Å²) in [7, 11) is 0. The van der Waals surface area contributed by atoms with Gasteiger partial charge in [0.15, 0.2) is 6.10 Å². The highest BCUT2D eigenvalue weighted by Crippen LogP contribution is 2.19. The van der Waals surface area contributed by atoms with Gasteiger partial charge < -0.3 is 4.74 Å². The van der Waals surface area contributed by atoms with E-state index in [4.69, 9.17) is 10.6 Å².